The standard InChI is InChI=1S/C15H14BrClN2O/c16-13-5-2-12(3-6-13)4-7-14-8-9-15(20)19(18-14)11-1-10-17/h2-9H,1,10-11H2. The summed E-state index contributed by atoms with van der Waals surface area (Å²) in [7, 11) is 0. The lowest BCUT2D eigenvalue weighted by molar-refractivity contribution is 0.567. The first-order valence-corrected chi connectivity index (χ1v) is 7.59. The summed E-state index contributed by atoms with van der Waals surface area (Å²) in [5.41, 5.74) is 1.73. The largest absolute Gasteiger partial charge is 0.268 e. The predicted octanol–water partition coefficient (Wildman–Crippen LogP) is 3.81. The summed E-state index contributed by atoms with van der Waals surface area (Å²) in [5.74, 6) is 0.521. The first kappa shape index (κ1) is 15.0. The van der Waals surface area contributed by atoms with Crippen LogP contribution in [0.2, 0.25) is 0 Å². The van der Waals surface area contributed by atoms with Gasteiger partial charge in [-0.3, -0.25) is 4.79 Å². The summed E-state index contributed by atoms with van der Waals surface area (Å²) in [4.78, 5) is 11.6. The molecule has 2 rings (SSSR count). The van der Waals surface area contributed by atoms with Crippen LogP contribution in [-0.4, -0.2) is 15.7 Å². The van der Waals surface area contributed by atoms with Crippen LogP contribution in [0.3, 0.4) is 0 Å². The molecule has 1 aromatic carbocycles. The SMILES string of the molecule is O=c1ccc(C=Cc2ccc(Br)cc2)nn1CCCCl. The molecule has 1 heterocycles. The summed E-state index contributed by atoms with van der Waals surface area (Å²) < 4.78 is 2.49. The minimum atomic E-state index is -0.101. The van der Waals surface area contributed by atoms with Crippen LogP contribution >= 0.6 is 27.5 Å². The average Bonchev–Trinajstić information content (AvgIpc) is 2.46. The zero-order valence-electron chi connectivity index (χ0n) is 10.8. The van der Waals surface area contributed by atoms with Crippen LogP contribution in [-0.2, 0) is 6.54 Å². The molecule has 0 aliphatic heterocycles. The zero-order valence-corrected chi connectivity index (χ0v) is 13.1. The molecular formula is C15H14BrClN2O. The number of hydrogen-bond acceptors (Lipinski definition) is 2. The van der Waals surface area contributed by atoms with Crippen molar-refractivity contribution in [3.8, 4) is 0 Å². The van der Waals surface area contributed by atoms with E-state index in [0.29, 0.717) is 12.4 Å². The molecule has 20 heavy (non-hydrogen) atoms. The minimum absolute atomic E-state index is 0.101. The van der Waals surface area contributed by atoms with E-state index in [1.165, 1.54) is 10.7 Å². The third-order valence-electron chi connectivity index (χ3n) is 2.71. The van der Waals surface area contributed by atoms with Crippen LogP contribution in [0.5, 0.6) is 0 Å². The molecule has 0 saturated carbocycles. The van der Waals surface area contributed by atoms with Gasteiger partial charge in [-0.15, -0.1) is 11.6 Å². The van der Waals surface area contributed by atoms with E-state index in [9.17, 15) is 4.79 Å². The lowest BCUT2D eigenvalue weighted by atomic mass is 10.2. The molecule has 0 N–H and O–H groups in total. The van der Waals surface area contributed by atoms with Crippen molar-refractivity contribution < 1.29 is 0 Å². The Morgan fingerprint density at radius 1 is 1.15 bits per heavy atom. The number of halogens is 2. The minimum Gasteiger partial charge on any atom is -0.268 e. The van der Waals surface area contributed by atoms with E-state index in [0.717, 1.165) is 22.2 Å². The van der Waals surface area contributed by atoms with Crippen molar-refractivity contribution in [3.05, 3.63) is 62.5 Å². The molecule has 3 nitrogen and oxygen atoms in total. The molecule has 104 valence electrons. The monoisotopic (exact) mass is 352 g/mol. The fourth-order valence-corrected chi connectivity index (χ4v) is 2.06. The molecule has 0 bridgehead atoms. The van der Waals surface area contributed by atoms with Gasteiger partial charge in [0.1, 0.15) is 0 Å². The topological polar surface area (TPSA) is 34.9 Å². The van der Waals surface area contributed by atoms with Crippen molar-refractivity contribution in [2.45, 2.75) is 13.0 Å². The Kier molecular flexibility index (Phi) is 5.56. The van der Waals surface area contributed by atoms with Crippen molar-refractivity contribution in [3.63, 3.8) is 0 Å². The van der Waals surface area contributed by atoms with Crippen LogP contribution in [0.15, 0.2) is 45.7 Å². The summed E-state index contributed by atoms with van der Waals surface area (Å²) >= 11 is 9.03. The van der Waals surface area contributed by atoms with Gasteiger partial charge in [0.2, 0.25) is 0 Å². The molecule has 0 aliphatic carbocycles. The lowest BCUT2D eigenvalue weighted by Crippen LogP contribution is -2.22. The molecule has 0 spiro atoms. The van der Waals surface area contributed by atoms with Crippen molar-refractivity contribution in [1.29, 1.82) is 0 Å². The van der Waals surface area contributed by atoms with Crippen molar-refractivity contribution in [2.24, 2.45) is 0 Å². The first-order valence-electron chi connectivity index (χ1n) is 6.27. The Morgan fingerprint density at radius 2 is 1.90 bits per heavy atom. The van der Waals surface area contributed by atoms with Crippen LogP contribution in [0, 0.1) is 0 Å². The normalized spacial score (nSPS) is 11.1. The van der Waals surface area contributed by atoms with E-state index in [1.54, 1.807) is 6.07 Å². The second-order valence-electron chi connectivity index (χ2n) is 4.25. The quantitative estimate of drug-likeness (QED) is 0.766. The summed E-state index contributed by atoms with van der Waals surface area (Å²) in [6, 6.07) is 11.2. The van der Waals surface area contributed by atoms with Crippen LogP contribution < -0.4 is 5.56 Å². The first-order chi connectivity index (χ1) is 9.69. The maximum Gasteiger partial charge on any atom is 0.266 e. The summed E-state index contributed by atoms with van der Waals surface area (Å²) in [6.07, 6.45) is 4.58. The second-order valence-corrected chi connectivity index (χ2v) is 5.54. The third-order valence-corrected chi connectivity index (χ3v) is 3.50. The van der Waals surface area contributed by atoms with Gasteiger partial charge in [0.15, 0.2) is 0 Å². The number of nitrogens with zero attached hydrogens (tertiary/aromatic N) is 2. The van der Waals surface area contributed by atoms with Gasteiger partial charge in [-0.2, -0.15) is 5.10 Å². The number of alkyl halides is 1. The Balaban J connectivity index is 2.16. The van der Waals surface area contributed by atoms with Gasteiger partial charge >= 0.3 is 0 Å². The van der Waals surface area contributed by atoms with Crippen molar-refractivity contribution >= 4 is 39.7 Å². The number of aromatic nitrogens is 2. The van der Waals surface area contributed by atoms with Gasteiger partial charge in [-0.1, -0.05) is 34.1 Å². The van der Waals surface area contributed by atoms with E-state index in [-0.39, 0.29) is 5.56 Å². The van der Waals surface area contributed by atoms with Crippen LogP contribution in [0.4, 0.5) is 0 Å². The molecule has 2 aromatic rings. The van der Waals surface area contributed by atoms with E-state index >= 15 is 0 Å². The smallest absolute Gasteiger partial charge is 0.266 e. The van der Waals surface area contributed by atoms with Gasteiger partial charge in [-0.25, -0.2) is 4.68 Å². The third kappa shape index (κ3) is 4.32. The molecule has 0 fully saturated rings. The maximum absolute atomic E-state index is 11.6. The van der Waals surface area contributed by atoms with Crippen LogP contribution in [0.25, 0.3) is 12.2 Å². The van der Waals surface area contributed by atoms with E-state index in [4.69, 9.17) is 11.6 Å². The van der Waals surface area contributed by atoms with Gasteiger partial charge in [0.05, 0.1) is 5.69 Å². The molecule has 0 atom stereocenters. The highest BCUT2D eigenvalue weighted by Crippen LogP contribution is 2.12. The van der Waals surface area contributed by atoms with Gasteiger partial charge in [-0.05, 0) is 36.3 Å². The van der Waals surface area contributed by atoms with Crippen molar-refractivity contribution in [2.75, 3.05) is 5.88 Å². The highest BCUT2D eigenvalue weighted by molar-refractivity contribution is 9.10. The fourth-order valence-electron chi connectivity index (χ4n) is 1.68. The molecule has 0 amide bonds. The predicted molar refractivity (Wildman–Crippen MR) is 86.9 cm³/mol. The lowest BCUT2D eigenvalue weighted by Gasteiger charge is -2.03. The Hall–Kier alpha value is -1.39. The van der Waals surface area contributed by atoms with E-state index in [2.05, 4.69) is 21.0 Å². The van der Waals surface area contributed by atoms with E-state index in [1.807, 2.05) is 36.4 Å². The molecule has 0 unspecified atom stereocenters. The highest BCUT2D eigenvalue weighted by atomic mass is 79.9. The van der Waals surface area contributed by atoms with Gasteiger partial charge < -0.3 is 0 Å². The summed E-state index contributed by atoms with van der Waals surface area (Å²) in [6.45, 7) is 0.544. The molecule has 5 heteroatoms. The number of aryl methyl sites for hydroxylation is 1. The average molecular weight is 354 g/mol. The second kappa shape index (κ2) is 7.41. The fraction of sp³-hybridized carbons (Fsp3) is 0.200. The van der Waals surface area contributed by atoms with E-state index < -0.39 is 0 Å². The molecule has 1 aromatic heterocycles. The molecular weight excluding hydrogens is 340 g/mol. The number of rotatable bonds is 5. The van der Waals surface area contributed by atoms with Crippen molar-refractivity contribution in [1.82, 2.24) is 9.78 Å². The Bertz CT molecular complexity index is 650. The maximum atomic E-state index is 11.6. The molecule has 0 aliphatic rings. The number of benzene rings is 1. The zero-order chi connectivity index (χ0) is 14.4. The molecule has 0 radical (unpaired) electrons. The Labute approximate surface area is 131 Å². The summed E-state index contributed by atoms with van der Waals surface area (Å²) in [5, 5.41) is 4.29. The van der Waals surface area contributed by atoms with Crippen LogP contribution in [0.1, 0.15) is 17.7 Å². The van der Waals surface area contributed by atoms with Gasteiger partial charge in [0, 0.05) is 23.0 Å². The highest BCUT2D eigenvalue weighted by Gasteiger charge is 1.98. The Morgan fingerprint density at radius 3 is 2.60 bits per heavy atom. The number of hydrogen-bond donors (Lipinski definition) is 0. The molecule has 0 saturated heterocycles. The van der Waals surface area contributed by atoms with Gasteiger partial charge in [0.25, 0.3) is 5.56 Å².